The molecule has 7 heterocycles. The molecule has 5 aliphatic rings. The molecule has 0 bridgehead atoms. The first-order valence-electron chi connectivity index (χ1n) is 21.2. The van der Waals surface area contributed by atoms with Crippen LogP contribution >= 0.6 is 11.6 Å². The van der Waals surface area contributed by atoms with Crippen molar-refractivity contribution >= 4 is 74.0 Å². The Bertz CT molecular complexity index is 2670. The maximum atomic E-state index is 16.0. The first-order chi connectivity index (χ1) is 29.8. The molecule has 15 nitrogen and oxygen atoms in total. The Balaban J connectivity index is 0.777. The normalized spacial score (nSPS) is 24.4. The summed E-state index contributed by atoms with van der Waals surface area (Å²) in [5, 5.41) is 15.0. The van der Waals surface area contributed by atoms with Gasteiger partial charge in [-0.05, 0) is 68.0 Å². The minimum Gasteiger partial charge on any atom is -0.480 e. The highest BCUT2D eigenvalue weighted by Gasteiger charge is 2.51. The number of nitrogens with zero attached hydrogens (tertiary/aromatic N) is 8. The molecule has 3 saturated heterocycles. The summed E-state index contributed by atoms with van der Waals surface area (Å²) in [6.07, 6.45) is 3.09. The van der Waals surface area contributed by atoms with Crippen molar-refractivity contribution in [2.75, 3.05) is 72.9 Å². The van der Waals surface area contributed by atoms with Gasteiger partial charge in [-0.3, -0.25) is 29.3 Å². The minimum atomic E-state index is -3.16. The first-order valence-corrected chi connectivity index (χ1v) is 21.6. The largest absolute Gasteiger partial charge is 0.480 e. The summed E-state index contributed by atoms with van der Waals surface area (Å²) >= 11 is 6.58. The van der Waals surface area contributed by atoms with Crippen LogP contribution in [0.3, 0.4) is 0 Å². The van der Waals surface area contributed by atoms with Gasteiger partial charge >= 0.3 is 5.92 Å². The number of piperidine rings is 2. The van der Waals surface area contributed by atoms with E-state index in [0.29, 0.717) is 79.2 Å². The molecule has 2 aromatic carbocycles. The van der Waals surface area contributed by atoms with Crippen LogP contribution in [0.4, 0.5) is 42.0 Å². The number of pyridine rings is 1. The number of imide groups is 1. The van der Waals surface area contributed by atoms with Crippen LogP contribution in [-0.4, -0.2) is 112 Å². The van der Waals surface area contributed by atoms with Gasteiger partial charge in [0.2, 0.25) is 23.5 Å². The van der Waals surface area contributed by atoms with Crippen molar-refractivity contribution in [2.24, 2.45) is 25.9 Å². The van der Waals surface area contributed by atoms with Gasteiger partial charge in [-0.2, -0.15) is 10.1 Å². The molecule has 4 unspecified atom stereocenters. The van der Waals surface area contributed by atoms with Gasteiger partial charge in [-0.25, -0.2) is 18.2 Å². The van der Waals surface area contributed by atoms with Crippen molar-refractivity contribution in [3.63, 3.8) is 0 Å². The van der Waals surface area contributed by atoms with E-state index in [1.54, 1.807) is 29.9 Å². The Morgan fingerprint density at radius 2 is 1.76 bits per heavy atom. The molecular formula is C43H47ClF3N11O4. The number of amides is 2. The molecule has 1 saturated carbocycles. The highest BCUT2D eigenvalue weighted by molar-refractivity contribution is 6.33. The number of carbonyl (C=O) groups is 2. The van der Waals surface area contributed by atoms with E-state index >= 15 is 13.2 Å². The highest BCUT2D eigenvalue weighted by Crippen LogP contribution is 2.46. The summed E-state index contributed by atoms with van der Waals surface area (Å²) < 4.78 is 55.0. The lowest BCUT2D eigenvalue weighted by atomic mass is 9.93. The Hall–Kier alpha value is -5.62. The fourth-order valence-electron chi connectivity index (χ4n) is 9.56. The minimum absolute atomic E-state index is 0.131. The van der Waals surface area contributed by atoms with Crippen LogP contribution in [0.15, 0.2) is 47.4 Å². The van der Waals surface area contributed by atoms with Gasteiger partial charge in [-0.1, -0.05) is 11.6 Å². The summed E-state index contributed by atoms with van der Waals surface area (Å²) in [7, 11) is 3.44. The van der Waals surface area contributed by atoms with Crippen LogP contribution < -0.4 is 36.0 Å². The molecule has 4 fully saturated rings. The topological polar surface area (TPSA) is 155 Å². The fourth-order valence-corrected chi connectivity index (χ4v) is 9.70. The number of ether oxygens (including phenoxy) is 1. The lowest BCUT2D eigenvalue weighted by Crippen LogP contribution is -2.51. The number of nitrogens with one attached hydrogen (secondary N) is 3. The predicted octanol–water partition coefficient (Wildman–Crippen LogP) is 5.34. The van der Waals surface area contributed by atoms with E-state index in [2.05, 4.69) is 48.0 Å². The summed E-state index contributed by atoms with van der Waals surface area (Å²) in [6.45, 7) is 3.60. The number of fused-ring (bicyclic) bond motifs is 4. The number of hydrogen-bond donors (Lipinski definition) is 3. The molecule has 5 aromatic rings. The number of benzene rings is 2. The number of carbonyl (C=O) groups excluding carboxylic acids is 2. The second-order valence-corrected chi connectivity index (χ2v) is 17.7. The molecule has 326 valence electrons. The number of rotatable bonds is 8. The molecule has 4 atom stereocenters. The Morgan fingerprint density at radius 1 is 0.952 bits per heavy atom. The zero-order chi connectivity index (χ0) is 43.0. The molecule has 19 heteroatoms. The van der Waals surface area contributed by atoms with Gasteiger partial charge < -0.3 is 29.7 Å². The van der Waals surface area contributed by atoms with E-state index in [0.717, 1.165) is 42.8 Å². The highest BCUT2D eigenvalue weighted by atomic mass is 35.5. The first kappa shape index (κ1) is 40.5. The van der Waals surface area contributed by atoms with Crippen molar-refractivity contribution in [3.8, 4) is 5.75 Å². The van der Waals surface area contributed by atoms with E-state index in [9.17, 15) is 14.4 Å². The monoisotopic (exact) mass is 873 g/mol. The molecule has 3 N–H and O–H groups in total. The molecule has 1 aliphatic carbocycles. The molecule has 2 amide bonds. The summed E-state index contributed by atoms with van der Waals surface area (Å²) in [5.41, 5.74) is 3.49. The number of hydrogen-bond acceptors (Lipinski definition) is 12. The number of alkyl halides is 3. The van der Waals surface area contributed by atoms with Crippen LogP contribution in [-0.2, 0) is 23.7 Å². The summed E-state index contributed by atoms with van der Waals surface area (Å²) in [5.74, 6) is -4.04. The number of aryl methyl sites for hydroxylation is 2. The Kier molecular flexibility index (Phi) is 10.2. The van der Waals surface area contributed by atoms with Crippen molar-refractivity contribution in [1.29, 1.82) is 0 Å². The smallest absolute Gasteiger partial charge is 0.301 e. The number of anilines is 5. The third-order valence-electron chi connectivity index (χ3n) is 13.2. The van der Waals surface area contributed by atoms with Crippen molar-refractivity contribution in [2.45, 2.75) is 56.2 Å². The zero-order valence-electron chi connectivity index (χ0n) is 34.3. The van der Waals surface area contributed by atoms with E-state index < -0.39 is 36.2 Å². The van der Waals surface area contributed by atoms with Crippen molar-refractivity contribution < 1.29 is 27.5 Å². The van der Waals surface area contributed by atoms with Crippen LogP contribution in [0, 0.1) is 11.8 Å². The molecule has 0 radical (unpaired) electrons. The lowest BCUT2D eigenvalue weighted by molar-refractivity contribution is -0.134. The Labute approximate surface area is 359 Å². The molecule has 0 spiro atoms. The average molecular weight is 874 g/mol. The van der Waals surface area contributed by atoms with Crippen LogP contribution in [0.2, 0.25) is 5.02 Å². The molecule has 10 rings (SSSR count). The summed E-state index contributed by atoms with van der Waals surface area (Å²) in [6, 6.07) is 10.2. The van der Waals surface area contributed by atoms with Gasteiger partial charge in [0, 0.05) is 87.8 Å². The molecule has 62 heavy (non-hydrogen) atoms. The molecule has 3 aromatic heterocycles. The van der Waals surface area contributed by atoms with Crippen LogP contribution in [0.5, 0.6) is 5.75 Å². The zero-order valence-corrected chi connectivity index (χ0v) is 35.1. The standard InChI is InChI=1S/C43H47ClF3N11O4/c1-54-32-9-5-25(17-29(32)36-37(41(54)61)62-22-43(46,47)38(51-36)23-3-4-23)49-39-30(44)19-48-42(52-39)58-12-11-24(31(45)21-58)20-56-13-15-57(16-14-56)26-6-7-27-33(18-26)55(2)53-35(27)28-8-10-34(59)50-40(28)60/h5-7,9,17-19,23-24,28,31,38,51H,3-4,8,10-16,20-22H2,1-2H3,(H,48,49,52)(H,50,59,60). The average Bonchev–Trinajstić information content (AvgIpc) is 4.06. The third-order valence-corrected chi connectivity index (χ3v) is 13.5. The van der Waals surface area contributed by atoms with Crippen LogP contribution in [0.1, 0.15) is 43.7 Å². The van der Waals surface area contributed by atoms with Crippen LogP contribution in [0.25, 0.3) is 21.8 Å². The van der Waals surface area contributed by atoms with E-state index in [1.165, 1.54) is 10.8 Å². The van der Waals surface area contributed by atoms with Gasteiger partial charge in [-0.15, -0.1) is 0 Å². The lowest BCUT2D eigenvalue weighted by Gasteiger charge is -2.40. The summed E-state index contributed by atoms with van der Waals surface area (Å²) in [4.78, 5) is 53.1. The molecular weight excluding hydrogens is 827 g/mol. The van der Waals surface area contributed by atoms with E-state index in [1.807, 2.05) is 18.0 Å². The van der Waals surface area contributed by atoms with Crippen molar-refractivity contribution in [1.82, 2.24) is 34.5 Å². The van der Waals surface area contributed by atoms with Gasteiger partial charge in [0.1, 0.15) is 11.2 Å². The maximum absolute atomic E-state index is 16.0. The third kappa shape index (κ3) is 7.43. The van der Waals surface area contributed by atoms with Gasteiger partial charge in [0.05, 0.1) is 47.1 Å². The van der Waals surface area contributed by atoms with Crippen molar-refractivity contribution in [3.05, 3.63) is 63.7 Å². The quantitative estimate of drug-likeness (QED) is 0.173. The SMILES string of the molecule is Cn1nc(C2CCC(=O)NC2=O)c2ccc(N3CCN(CC4CCN(c5ncc(Cl)c(Nc6ccc7c(c6)c6c(c(=O)n7C)OCC(F)(F)C(C7CC7)N6)n5)CC4F)CC3)cc21. The number of aromatic nitrogens is 5. The Morgan fingerprint density at radius 3 is 2.52 bits per heavy atom. The predicted molar refractivity (Wildman–Crippen MR) is 230 cm³/mol. The molecule has 4 aliphatic heterocycles. The van der Waals surface area contributed by atoms with E-state index in [-0.39, 0.29) is 46.7 Å². The second-order valence-electron chi connectivity index (χ2n) is 17.3. The second kappa shape index (κ2) is 15.6. The van der Waals surface area contributed by atoms with Gasteiger partial charge in [0.15, 0.2) is 12.4 Å². The fraction of sp³-hybridized carbons (Fsp3) is 0.488. The number of piperazine rings is 1. The van der Waals surface area contributed by atoms with E-state index in [4.69, 9.17) is 21.3 Å². The number of halogens is 4. The van der Waals surface area contributed by atoms with Gasteiger partial charge in [0.25, 0.3) is 5.56 Å². The maximum Gasteiger partial charge on any atom is 0.301 e.